The van der Waals surface area contributed by atoms with Crippen molar-refractivity contribution in [2.24, 2.45) is 5.92 Å². The first-order valence-corrected chi connectivity index (χ1v) is 10.6. The van der Waals surface area contributed by atoms with Crippen molar-refractivity contribution < 1.29 is 13.9 Å². The van der Waals surface area contributed by atoms with Gasteiger partial charge < -0.3 is 14.5 Å². The summed E-state index contributed by atoms with van der Waals surface area (Å²) in [5.74, 6) is 2.45. The zero-order chi connectivity index (χ0) is 21.3. The molecule has 30 heavy (non-hydrogen) atoms. The van der Waals surface area contributed by atoms with Gasteiger partial charge in [-0.2, -0.15) is 0 Å². The number of carbonyl (C=O) groups excluding carboxylic acids is 1. The number of carbonyl (C=O) groups is 1. The lowest BCUT2D eigenvalue weighted by molar-refractivity contribution is -0.121. The molecule has 6 heteroatoms. The topological polar surface area (TPSA) is 64.4 Å². The van der Waals surface area contributed by atoms with Crippen LogP contribution >= 0.6 is 11.6 Å². The molecule has 5 nitrogen and oxygen atoms in total. The zero-order valence-electron chi connectivity index (χ0n) is 17.4. The van der Waals surface area contributed by atoms with Crippen LogP contribution in [0.4, 0.5) is 0 Å². The highest BCUT2D eigenvalue weighted by molar-refractivity contribution is 6.33. The van der Waals surface area contributed by atoms with Crippen molar-refractivity contribution in [2.45, 2.75) is 39.7 Å². The van der Waals surface area contributed by atoms with Gasteiger partial charge in [-0.15, -0.1) is 0 Å². The molecule has 0 bridgehead atoms. The Morgan fingerprint density at radius 1 is 1.17 bits per heavy atom. The van der Waals surface area contributed by atoms with Gasteiger partial charge in [0.2, 0.25) is 5.91 Å². The molecular weight excluding hydrogens is 400 g/mol. The molecule has 0 aliphatic carbocycles. The summed E-state index contributed by atoms with van der Waals surface area (Å²) in [6.45, 7) is 5.43. The SMILES string of the molecule is CC(C)CCOc1ccccc1CNC(=O)CCc1ncc(-c2ccccc2Cl)o1. The number of oxazole rings is 1. The van der Waals surface area contributed by atoms with E-state index in [1.54, 1.807) is 12.3 Å². The molecule has 0 radical (unpaired) electrons. The third kappa shape index (κ3) is 6.36. The minimum atomic E-state index is -0.0653. The summed E-state index contributed by atoms with van der Waals surface area (Å²) >= 11 is 6.19. The van der Waals surface area contributed by atoms with Gasteiger partial charge in [0.25, 0.3) is 0 Å². The van der Waals surface area contributed by atoms with Crippen LogP contribution in [0.3, 0.4) is 0 Å². The van der Waals surface area contributed by atoms with E-state index < -0.39 is 0 Å². The number of hydrogen-bond acceptors (Lipinski definition) is 4. The first kappa shape index (κ1) is 21.9. The first-order chi connectivity index (χ1) is 14.5. The molecule has 0 atom stereocenters. The third-order valence-electron chi connectivity index (χ3n) is 4.66. The summed E-state index contributed by atoms with van der Waals surface area (Å²) in [6, 6.07) is 15.2. The Hall–Kier alpha value is -2.79. The zero-order valence-corrected chi connectivity index (χ0v) is 18.1. The Morgan fingerprint density at radius 2 is 1.93 bits per heavy atom. The first-order valence-electron chi connectivity index (χ1n) is 10.2. The van der Waals surface area contributed by atoms with Gasteiger partial charge in [0.05, 0.1) is 17.8 Å². The van der Waals surface area contributed by atoms with Crippen LogP contribution in [0.1, 0.15) is 38.1 Å². The number of nitrogens with zero attached hydrogens (tertiary/aromatic N) is 1. The van der Waals surface area contributed by atoms with E-state index in [9.17, 15) is 4.79 Å². The normalized spacial score (nSPS) is 10.9. The summed E-state index contributed by atoms with van der Waals surface area (Å²) in [4.78, 5) is 16.6. The maximum Gasteiger partial charge on any atom is 0.220 e. The number of aromatic nitrogens is 1. The van der Waals surface area contributed by atoms with Crippen molar-refractivity contribution in [1.29, 1.82) is 0 Å². The van der Waals surface area contributed by atoms with E-state index in [0.29, 0.717) is 48.6 Å². The number of para-hydroxylation sites is 1. The smallest absolute Gasteiger partial charge is 0.220 e. The van der Waals surface area contributed by atoms with Gasteiger partial charge >= 0.3 is 0 Å². The fourth-order valence-electron chi connectivity index (χ4n) is 2.91. The molecule has 3 rings (SSSR count). The highest BCUT2D eigenvalue weighted by Gasteiger charge is 2.12. The van der Waals surface area contributed by atoms with Gasteiger partial charge in [-0.3, -0.25) is 4.79 Å². The minimum absolute atomic E-state index is 0.0653. The van der Waals surface area contributed by atoms with E-state index in [1.165, 1.54) is 0 Å². The van der Waals surface area contributed by atoms with Gasteiger partial charge in [0.15, 0.2) is 11.7 Å². The van der Waals surface area contributed by atoms with Crippen LogP contribution in [0.5, 0.6) is 5.75 Å². The van der Waals surface area contributed by atoms with Crippen molar-refractivity contribution in [3.8, 4) is 17.1 Å². The number of halogens is 1. The Bertz CT molecular complexity index is 968. The second kappa shape index (κ2) is 10.8. The summed E-state index contributed by atoms with van der Waals surface area (Å²) in [5, 5.41) is 3.55. The molecule has 0 saturated carbocycles. The fourth-order valence-corrected chi connectivity index (χ4v) is 3.14. The van der Waals surface area contributed by atoms with Crippen LogP contribution < -0.4 is 10.1 Å². The van der Waals surface area contributed by atoms with Crippen molar-refractivity contribution in [2.75, 3.05) is 6.61 Å². The predicted molar refractivity (Wildman–Crippen MR) is 119 cm³/mol. The largest absolute Gasteiger partial charge is 0.493 e. The fraction of sp³-hybridized carbons (Fsp3) is 0.333. The number of ether oxygens (including phenoxy) is 1. The number of aryl methyl sites for hydroxylation is 1. The third-order valence-corrected chi connectivity index (χ3v) is 4.99. The number of rotatable bonds is 10. The van der Waals surface area contributed by atoms with Crippen molar-refractivity contribution in [1.82, 2.24) is 10.3 Å². The summed E-state index contributed by atoms with van der Waals surface area (Å²) in [7, 11) is 0. The van der Waals surface area contributed by atoms with E-state index in [1.807, 2.05) is 42.5 Å². The maximum atomic E-state index is 12.3. The molecule has 158 valence electrons. The molecule has 0 unspecified atom stereocenters. The lowest BCUT2D eigenvalue weighted by atomic mass is 10.1. The van der Waals surface area contributed by atoms with Crippen molar-refractivity contribution in [3.63, 3.8) is 0 Å². The molecular formula is C24H27ClN2O3. The molecule has 0 aliphatic rings. The Balaban J connectivity index is 1.49. The minimum Gasteiger partial charge on any atom is -0.493 e. The van der Waals surface area contributed by atoms with Gasteiger partial charge in [0, 0.05) is 30.5 Å². The lowest BCUT2D eigenvalue weighted by Crippen LogP contribution is -2.23. The Labute approximate surface area is 182 Å². The standard InChI is InChI=1S/C24H27ClN2O3/c1-17(2)13-14-29-21-10-6-3-7-18(21)15-26-23(28)11-12-24-27-16-22(30-24)19-8-4-5-9-20(19)25/h3-10,16-17H,11-15H2,1-2H3,(H,26,28). The second-order valence-electron chi connectivity index (χ2n) is 7.51. The molecule has 1 amide bonds. The molecule has 1 N–H and O–H groups in total. The van der Waals surface area contributed by atoms with E-state index in [4.69, 9.17) is 20.8 Å². The Morgan fingerprint density at radius 3 is 2.73 bits per heavy atom. The average Bonchev–Trinajstić information content (AvgIpc) is 3.20. The van der Waals surface area contributed by atoms with E-state index >= 15 is 0 Å². The monoisotopic (exact) mass is 426 g/mol. The van der Waals surface area contributed by atoms with Gasteiger partial charge in [-0.25, -0.2) is 4.98 Å². The summed E-state index contributed by atoms with van der Waals surface area (Å²) in [5.41, 5.74) is 1.75. The van der Waals surface area contributed by atoms with E-state index in [-0.39, 0.29) is 5.91 Å². The second-order valence-corrected chi connectivity index (χ2v) is 7.92. The lowest BCUT2D eigenvalue weighted by Gasteiger charge is -2.13. The summed E-state index contributed by atoms with van der Waals surface area (Å²) < 4.78 is 11.6. The highest BCUT2D eigenvalue weighted by Crippen LogP contribution is 2.28. The van der Waals surface area contributed by atoms with Crippen LogP contribution in [0, 0.1) is 5.92 Å². The number of hydrogen-bond donors (Lipinski definition) is 1. The van der Waals surface area contributed by atoms with Gasteiger partial charge in [0.1, 0.15) is 5.75 Å². The van der Waals surface area contributed by atoms with Gasteiger partial charge in [-0.1, -0.05) is 55.8 Å². The molecule has 0 aliphatic heterocycles. The van der Waals surface area contributed by atoms with Crippen LogP contribution in [0.25, 0.3) is 11.3 Å². The average molecular weight is 427 g/mol. The van der Waals surface area contributed by atoms with Crippen LogP contribution in [0.15, 0.2) is 59.1 Å². The van der Waals surface area contributed by atoms with Crippen LogP contribution in [-0.4, -0.2) is 17.5 Å². The predicted octanol–water partition coefficient (Wildman–Crippen LogP) is 5.67. The highest BCUT2D eigenvalue weighted by atomic mass is 35.5. The molecule has 0 spiro atoms. The molecule has 0 saturated heterocycles. The molecule has 1 heterocycles. The number of amides is 1. The van der Waals surface area contributed by atoms with Crippen LogP contribution in [0.2, 0.25) is 5.02 Å². The van der Waals surface area contributed by atoms with Gasteiger partial charge in [-0.05, 0) is 30.5 Å². The molecule has 2 aromatic carbocycles. The Kier molecular flexibility index (Phi) is 7.91. The van der Waals surface area contributed by atoms with E-state index in [0.717, 1.165) is 23.3 Å². The van der Waals surface area contributed by atoms with Crippen molar-refractivity contribution >= 4 is 17.5 Å². The van der Waals surface area contributed by atoms with E-state index in [2.05, 4.69) is 24.1 Å². The van der Waals surface area contributed by atoms with Crippen molar-refractivity contribution in [3.05, 3.63) is 71.2 Å². The molecule has 1 aromatic heterocycles. The van der Waals surface area contributed by atoms with Crippen LogP contribution in [-0.2, 0) is 17.8 Å². The molecule has 0 fully saturated rings. The summed E-state index contributed by atoms with van der Waals surface area (Å²) in [6.07, 6.45) is 3.34. The number of nitrogens with one attached hydrogen (secondary N) is 1. The maximum absolute atomic E-state index is 12.3. The number of benzene rings is 2. The molecule has 3 aromatic rings. The quantitative estimate of drug-likeness (QED) is 0.453.